The lowest BCUT2D eigenvalue weighted by Crippen LogP contribution is -1.78. The second-order valence-corrected chi connectivity index (χ2v) is 1.80. The van der Waals surface area contributed by atoms with E-state index in [1.807, 2.05) is 0 Å². The highest BCUT2D eigenvalue weighted by molar-refractivity contribution is 5.30. The molecule has 1 aromatic rings. The van der Waals surface area contributed by atoms with Gasteiger partial charge in [0.15, 0.2) is 11.6 Å². The minimum absolute atomic E-state index is 0.308. The number of hydrogen-bond acceptors (Lipinski definition) is 1. The van der Waals surface area contributed by atoms with Gasteiger partial charge in [0.05, 0.1) is 0 Å². The molecule has 1 aromatic carbocycles. The van der Waals surface area contributed by atoms with Crippen LogP contribution in [0.25, 0.3) is 0 Å². The fraction of sp³-hybridized carbons (Fsp3) is 0.143. The van der Waals surface area contributed by atoms with Crippen LogP contribution >= 0.6 is 0 Å². The molecule has 0 aromatic heterocycles. The van der Waals surface area contributed by atoms with E-state index in [1.165, 1.54) is 12.1 Å². The van der Waals surface area contributed by atoms with Gasteiger partial charge in [0.25, 0.3) is 0 Å². The largest absolute Gasteiger partial charge is 0.505 e. The summed E-state index contributed by atoms with van der Waals surface area (Å²) in [6.07, 6.45) is 0. The SMILES string of the molecule is Cc1[c]ccc(F)c1O. The predicted molar refractivity (Wildman–Crippen MR) is 31.6 cm³/mol. The van der Waals surface area contributed by atoms with E-state index < -0.39 is 5.82 Å². The van der Waals surface area contributed by atoms with Crippen LogP contribution in [0.2, 0.25) is 0 Å². The van der Waals surface area contributed by atoms with Gasteiger partial charge < -0.3 is 5.11 Å². The number of phenolic OH excluding ortho intramolecular Hbond substituents is 1. The Hall–Kier alpha value is -1.05. The van der Waals surface area contributed by atoms with E-state index >= 15 is 0 Å². The second kappa shape index (κ2) is 2.05. The summed E-state index contributed by atoms with van der Waals surface area (Å²) in [7, 11) is 0. The molecule has 0 aliphatic rings. The van der Waals surface area contributed by atoms with E-state index in [-0.39, 0.29) is 5.75 Å². The Morgan fingerprint density at radius 3 is 2.78 bits per heavy atom. The van der Waals surface area contributed by atoms with Crippen molar-refractivity contribution in [2.45, 2.75) is 6.92 Å². The van der Waals surface area contributed by atoms with Crippen molar-refractivity contribution in [3.63, 3.8) is 0 Å². The standard InChI is InChI=1S/C7H6FO/c1-5-3-2-4-6(8)7(5)9/h2,4,9H,1H3. The highest BCUT2D eigenvalue weighted by Gasteiger charge is 1.99. The zero-order valence-electron chi connectivity index (χ0n) is 4.98. The Morgan fingerprint density at radius 2 is 2.33 bits per heavy atom. The van der Waals surface area contributed by atoms with Gasteiger partial charge in [-0.1, -0.05) is 6.07 Å². The third-order valence-electron chi connectivity index (χ3n) is 1.11. The Bertz CT molecular complexity index is 200. The first-order chi connectivity index (χ1) is 4.22. The zero-order valence-corrected chi connectivity index (χ0v) is 4.98. The zero-order chi connectivity index (χ0) is 6.85. The van der Waals surface area contributed by atoms with E-state index in [0.717, 1.165) is 0 Å². The number of aromatic hydroxyl groups is 1. The first kappa shape index (κ1) is 6.08. The van der Waals surface area contributed by atoms with Crippen LogP contribution < -0.4 is 0 Å². The molecule has 1 rings (SSSR count). The molecule has 1 N–H and O–H groups in total. The molecule has 0 fully saturated rings. The van der Waals surface area contributed by atoms with Crippen molar-refractivity contribution >= 4 is 0 Å². The summed E-state index contributed by atoms with van der Waals surface area (Å²) >= 11 is 0. The van der Waals surface area contributed by atoms with Crippen molar-refractivity contribution in [3.8, 4) is 5.75 Å². The smallest absolute Gasteiger partial charge is 0.165 e. The lowest BCUT2D eigenvalue weighted by Gasteiger charge is -1.95. The van der Waals surface area contributed by atoms with Gasteiger partial charge in [0, 0.05) is 5.56 Å². The Balaban J connectivity index is 3.25. The van der Waals surface area contributed by atoms with Crippen LogP contribution in [0.1, 0.15) is 5.56 Å². The minimum atomic E-state index is -0.591. The molecular formula is C7H6FO. The first-order valence-electron chi connectivity index (χ1n) is 2.57. The van der Waals surface area contributed by atoms with Crippen LogP contribution in [-0.4, -0.2) is 5.11 Å². The second-order valence-electron chi connectivity index (χ2n) is 1.80. The number of hydrogen-bond donors (Lipinski definition) is 1. The number of rotatable bonds is 0. The Morgan fingerprint density at radius 1 is 1.67 bits per heavy atom. The molecule has 0 atom stereocenters. The lowest BCUT2D eigenvalue weighted by atomic mass is 10.2. The molecule has 47 valence electrons. The molecule has 0 saturated heterocycles. The molecule has 0 amide bonds. The molecule has 0 aliphatic carbocycles. The number of benzene rings is 1. The van der Waals surface area contributed by atoms with Crippen molar-refractivity contribution in [2.24, 2.45) is 0 Å². The van der Waals surface area contributed by atoms with Gasteiger partial charge in [0.2, 0.25) is 0 Å². The average molecular weight is 125 g/mol. The Kier molecular flexibility index (Phi) is 1.39. The first-order valence-corrected chi connectivity index (χ1v) is 2.57. The predicted octanol–water partition coefficient (Wildman–Crippen LogP) is 1.64. The van der Waals surface area contributed by atoms with Crippen LogP contribution in [0, 0.1) is 18.8 Å². The maximum atomic E-state index is 12.3. The van der Waals surface area contributed by atoms with E-state index in [9.17, 15) is 4.39 Å². The summed E-state index contributed by atoms with van der Waals surface area (Å²) < 4.78 is 12.3. The monoisotopic (exact) mass is 125 g/mol. The highest BCUT2D eigenvalue weighted by Crippen LogP contribution is 2.17. The average Bonchev–Trinajstić information content (AvgIpc) is 1.83. The van der Waals surface area contributed by atoms with Gasteiger partial charge in [-0.3, -0.25) is 0 Å². The molecule has 0 saturated carbocycles. The minimum Gasteiger partial charge on any atom is -0.505 e. The summed E-state index contributed by atoms with van der Waals surface area (Å²) in [6, 6.07) is 5.25. The van der Waals surface area contributed by atoms with Crippen LogP contribution in [-0.2, 0) is 0 Å². The summed E-state index contributed by atoms with van der Waals surface area (Å²) in [4.78, 5) is 0. The molecule has 1 nitrogen and oxygen atoms in total. The van der Waals surface area contributed by atoms with Crippen LogP contribution in [0.15, 0.2) is 12.1 Å². The molecule has 0 heterocycles. The molecule has 0 spiro atoms. The topological polar surface area (TPSA) is 20.2 Å². The van der Waals surface area contributed by atoms with E-state index in [2.05, 4.69) is 6.07 Å². The van der Waals surface area contributed by atoms with Gasteiger partial charge >= 0.3 is 0 Å². The maximum Gasteiger partial charge on any atom is 0.165 e. The molecule has 0 aliphatic heterocycles. The summed E-state index contributed by atoms with van der Waals surface area (Å²) in [5.74, 6) is -0.899. The number of halogens is 1. The van der Waals surface area contributed by atoms with E-state index in [1.54, 1.807) is 6.92 Å². The molecule has 2 heteroatoms. The number of phenols is 1. The third-order valence-corrected chi connectivity index (χ3v) is 1.11. The van der Waals surface area contributed by atoms with Crippen molar-refractivity contribution in [2.75, 3.05) is 0 Å². The van der Waals surface area contributed by atoms with Crippen molar-refractivity contribution in [1.82, 2.24) is 0 Å². The lowest BCUT2D eigenvalue weighted by molar-refractivity contribution is 0.428. The van der Waals surface area contributed by atoms with Crippen molar-refractivity contribution in [3.05, 3.63) is 29.6 Å². The Labute approximate surface area is 52.8 Å². The third kappa shape index (κ3) is 1.02. The fourth-order valence-electron chi connectivity index (χ4n) is 0.566. The van der Waals surface area contributed by atoms with Gasteiger partial charge in [0.1, 0.15) is 0 Å². The summed E-state index contributed by atoms with van der Waals surface area (Å²) in [6.45, 7) is 1.60. The number of aryl methyl sites for hydroxylation is 1. The molecule has 9 heavy (non-hydrogen) atoms. The van der Waals surface area contributed by atoms with Gasteiger partial charge in [-0.05, 0) is 19.1 Å². The molecule has 0 bridgehead atoms. The van der Waals surface area contributed by atoms with Gasteiger partial charge in [-0.25, -0.2) is 4.39 Å². The van der Waals surface area contributed by atoms with Crippen molar-refractivity contribution < 1.29 is 9.50 Å². The quantitative estimate of drug-likeness (QED) is 0.558. The fourth-order valence-corrected chi connectivity index (χ4v) is 0.566. The van der Waals surface area contributed by atoms with Crippen LogP contribution in [0.3, 0.4) is 0 Å². The molecule has 0 unspecified atom stereocenters. The molecule has 1 radical (unpaired) electrons. The normalized spacial score (nSPS) is 9.56. The summed E-state index contributed by atoms with van der Waals surface area (Å²) in [5.41, 5.74) is 0.440. The van der Waals surface area contributed by atoms with Gasteiger partial charge in [-0.2, -0.15) is 0 Å². The van der Waals surface area contributed by atoms with Gasteiger partial charge in [-0.15, -0.1) is 0 Å². The van der Waals surface area contributed by atoms with E-state index in [0.29, 0.717) is 5.56 Å². The molecular weight excluding hydrogens is 119 g/mol. The highest BCUT2D eigenvalue weighted by atomic mass is 19.1. The van der Waals surface area contributed by atoms with Crippen LogP contribution in [0.5, 0.6) is 5.75 Å². The van der Waals surface area contributed by atoms with Crippen LogP contribution in [0.4, 0.5) is 4.39 Å². The van der Waals surface area contributed by atoms with E-state index in [4.69, 9.17) is 5.11 Å². The summed E-state index contributed by atoms with van der Waals surface area (Å²) in [5, 5.41) is 8.80. The van der Waals surface area contributed by atoms with Crippen molar-refractivity contribution in [1.29, 1.82) is 0 Å². The maximum absolute atomic E-state index is 12.3.